The number of carbonyl (C=O) groups is 1. The zero-order valence-electron chi connectivity index (χ0n) is 15.1. The number of halogens is 1. The molecule has 144 valence electrons. The van der Waals surface area contributed by atoms with Crippen molar-refractivity contribution < 1.29 is 13.2 Å². The van der Waals surface area contributed by atoms with Crippen LogP contribution in [0, 0.1) is 0 Å². The molecule has 0 atom stereocenters. The summed E-state index contributed by atoms with van der Waals surface area (Å²) in [6, 6.07) is 23.3. The first-order chi connectivity index (χ1) is 13.3. The van der Waals surface area contributed by atoms with E-state index in [-0.39, 0.29) is 22.7 Å². The smallest absolute Gasteiger partial charge is 0.252 e. The van der Waals surface area contributed by atoms with Gasteiger partial charge in [-0.1, -0.05) is 72.3 Å². The maximum Gasteiger partial charge on any atom is 0.252 e. The van der Waals surface area contributed by atoms with Crippen LogP contribution in [0.5, 0.6) is 0 Å². The molecule has 28 heavy (non-hydrogen) atoms. The highest BCUT2D eigenvalue weighted by molar-refractivity contribution is 7.92. The summed E-state index contributed by atoms with van der Waals surface area (Å²) in [4.78, 5) is 12.9. The number of sulfonamides is 1. The van der Waals surface area contributed by atoms with E-state index < -0.39 is 10.0 Å². The van der Waals surface area contributed by atoms with Crippen LogP contribution in [-0.2, 0) is 10.0 Å². The Kier molecular flexibility index (Phi) is 6.02. The van der Waals surface area contributed by atoms with Crippen molar-refractivity contribution in [1.82, 2.24) is 5.32 Å². The van der Waals surface area contributed by atoms with Gasteiger partial charge in [0.2, 0.25) is 10.0 Å². The van der Waals surface area contributed by atoms with Crippen LogP contribution in [0.15, 0.2) is 78.9 Å². The number of nitrogens with one attached hydrogen (secondary N) is 2. The predicted molar refractivity (Wildman–Crippen MR) is 112 cm³/mol. The van der Waals surface area contributed by atoms with E-state index in [9.17, 15) is 13.2 Å². The van der Waals surface area contributed by atoms with Crippen molar-refractivity contribution in [3.8, 4) is 0 Å². The maximum absolute atomic E-state index is 12.9. The Balaban J connectivity index is 1.92. The van der Waals surface area contributed by atoms with E-state index in [1.165, 1.54) is 12.1 Å². The summed E-state index contributed by atoms with van der Waals surface area (Å²) in [6.45, 7) is 0. The molecule has 0 spiro atoms. The summed E-state index contributed by atoms with van der Waals surface area (Å²) in [7, 11) is -3.52. The molecular formula is C21H19ClN2O3S. The SMILES string of the molecule is CS(=O)(=O)Nc1cc(C(=O)NC(c2ccccc2)c2ccccc2)ccc1Cl. The van der Waals surface area contributed by atoms with Crippen LogP contribution in [0.3, 0.4) is 0 Å². The number of anilines is 1. The molecule has 0 fully saturated rings. The average Bonchev–Trinajstić information content (AvgIpc) is 2.68. The molecule has 5 nitrogen and oxygen atoms in total. The second-order valence-electron chi connectivity index (χ2n) is 6.30. The van der Waals surface area contributed by atoms with Crippen LogP contribution in [0.2, 0.25) is 5.02 Å². The van der Waals surface area contributed by atoms with Gasteiger partial charge in [0.15, 0.2) is 0 Å². The summed E-state index contributed by atoms with van der Waals surface area (Å²) in [5, 5.41) is 3.23. The van der Waals surface area contributed by atoms with Gasteiger partial charge in [-0.15, -0.1) is 0 Å². The second-order valence-corrected chi connectivity index (χ2v) is 8.45. The summed E-state index contributed by atoms with van der Waals surface area (Å²) < 4.78 is 25.3. The standard InChI is InChI=1S/C21H19ClN2O3S/c1-28(26,27)24-19-14-17(12-13-18(19)22)21(25)23-20(15-8-4-2-5-9-15)16-10-6-3-7-11-16/h2-14,20,24H,1H3,(H,23,25). The van der Waals surface area contributed by atoms with E-state index in [1.54, 1.807) is 6.07 Å². The highest BCUT2D eigenvalue weighted by atomic mass is 35.5. The fourth-order valence-corrected chi connectivity index (χ4v) is 3.60. The lowest BCUT2D eigenvalue weighted by atomic mass is 9.98. The van der Waals surface area contributed by atoms with Crippen LogP contribution in [-0.4, -0.2) is 20.6 Å². The molecule has 3 rings (SSSR count). The number of carbonyl (C=O) groups excluding carboxylic acids is 1. The molecule has 0 radical (unpaired) electrons. The fourth-order valence-electron chi connectivity index (χ4n) is 2.81. The third-order valence-electron chi connectivity index (χ3n) is 4.07. The van der Waals surface area contributed by atoms with Crippen LogP contribution >= 0.6 is 11.6 Å². The largest absolute Gasteiger partial charge is 0.341 e. The fraction of sp³-hybridized carbons (Fsp3) is 0.0952. The lowest BCUT2D eigenvalue weighted by Crippen LogP contribution is -2.29. The molecule has 0 saturated heterocycles. The van der Waals surface area contributed by atoms with E-state index in [4.69, 9.17) is 11.6 Å². The molecule has 0 bridgehead atoms. The summed E-state index contributed by atoms with van der Waals surface area (Å²) in [6.07, 6.45) is 1.02. The van der Waals surface area contributed by atoms with Gasteiger partial charge in [0, 0.05) is 5.56 Å². The van der Waals surface area contributed by atoms with E-state index in [2.05, 4.69) is 10.0 Å². The summed E-state index contributed by atoms with van der Waals surface area (Å²) >= 11 is 6.05. The third-order valence-corrected chi connectivity index (χ3v) is 4.99. The number of benzene rings is 3. The summed E-state index contributed by atoms with van der Waals surface area (Å²) in [5.74, 6) is -0.342. The lowest BCUT2D eigenvalue weighted by Gasteiger charge is -2.20. The molecule has 0 aliphatic heterocycles. The number of hydrogen-bond acceptors (Lipinski definition) is 3. The van der Waals surface area contributed by atoms with Gasteiger partial charge in [-0.25, -0.2) is 8.42 Å². The molecule has 0 unspecified atom stereocenters. The molecule has 0 aliphatic carbocycles. The Hall–Kier alpha value is -2.83. The number of rotatable bonds is 6. The summed E-state index contributed by atoms with van der Waals surface area (Å²) in [5.41, 5.74) is 2.33. The Bertz CT molecular complexity index is 1030. The molecule has 0 aromatic heterocycles. The molecule has 2 N–H and O–H groups in total. The van der Waals surface area contributed by atoms with Crippen molar-refractivity contribution in [3.63, 3.8) is 0 Å². The quantitative estimate of drug-likeness (QED) is 0.633. The zero-order valence-corrected chi connectivity index (χ0v) is 16.7. The molecule has 1 amide bonds. The first-order valence-corrected chi connectivity index (χ1v) is 10.8. The van der Waals surface area contributed by atoms with Crippen LogP contribution < -0.4 is 10.0 Å². The minimum atomic E-state index is -3.52. The van der Waals surface area contributed by atoms with Crippen LogP contribution in [0.4, 0.5) is 5.69 Å². The van der Waals surface area contributed by atoms with Gasteiger partial charge in [-0.3, -0.25) is 9.52 Å². The van der Waals surface area contributed by atoms with Crippen molar-refractivity contribution in [2.45, 2.75) is 6.04 Å². The Morgan fingerprint density at radius 1 is 0.893 bits per heavy atom. The zero-order chi connectivity index (χ0) is 20.1. The van der Waals surface area contributed by atoms with Gasteiger partial charge < -0.3 is 5.32 Å². The third kappa shape index (κ3) is 5.12. The van der Waals surface area contributed by atoms with Crippen molar-refractivity contribution >= 4 is 33.2 Å². The molecule has 0 heterocycles. The van der Waals surface area contributed by atoms with Crippen molar-refractivity contribution in [3.05, 3.63) is 101 Å². The molecular weight excluding hydrogens is 396 g/mol. The minimum absolute atomic E-state index is 0.160. The number of amides is 1. The van der Waals surface area contributed by atoms with Gasteiger partial charge in [-0.05, 0) is 29.3 Å². The van der Waals surface area contributed by atoms with Gasteiger partial charge in [0.05, 0.1) is 23.0 Å². The topological polar surface area (TPSA) is 75.3 Å². The lowest BCUT2D eigenvalue weighted by molar-refractivity contribution is 0.0943. The monoisotopic (exact) mass is 414 g/mol. The number of hydrogen-bond donors (Lipinski definition) is 2. The molecule has 0 saturated carbocycles. The van der Waals surface area contributed by atoms with Crippen LogP contribution in [0.1, 0.15) is 27.5 Å². The highest BCUT2D eigenvalue weighted by Gasteiger charge is 2.18. The molecule has 0 aliphatic rings. The van der Waals surface area contributed by atoms with E-state index >= 15 is 0 Å². The van der Waals surface area contributed by atoms with Gasteiger partial charge >= 0.3 is 0 Å². The van der Waals surface area contributed by atoms with Gasteiger partial charge in [0.25, 0.3) is 5.91 Å². The van der Waals surface area contributed by atoms with Gasteiger partial charge in [-0.2, -0.15) is 0 Å². The Morgan fingerprint density at radius 2 is 1.43 bits per heavy atom. The first-order valence-electron chi connectivity index (χ1n) is 8.51. The van der Waals surface area contributed by atoms with E-state index in [0.717, 1.165) is 17.4 Å². The first kappa shape index (κ1) is 19.9. The van der Waals surface area contributed by atoms with Crippen molar-refractivity contribution in [1.29, 1.82) is 0 Å². The van der Waals surface area contributed by atoms with Gasteiger partial charge in [0.1, 0.15) is 0 Å². The maximum atomic E-state index is 12.9. The minimum Gasteiger partial charge on any atom is -0.341 e. The molecule has 3 aromatic carbocycles. The van der Waals surface area contributed by atoms with E-state index in [0.29, 0.717) is 5.56 Å². The van der Waals surface area contributed by atoms with Crippen molar-refractivity contribution in [2.75, 3.05) is 11.0 Å². The Morgan fingerprint density at radius 3 is 1.93 bits per heavy atom. The van der Waals surface area contributed by atoms with Crippen molar-refractivity contribution in [2.24, 2.45) is 0 Å². The predicted octanol–water partition coefficient (Wildman–Crippen LogP) is 4.23. The van der Waals surface area contributed by atoms with E-state index in [1.807, 2.05) is 60.7 Å². The average molecular weight is 415 g/mol. The Labute approximate surface area is 169 Å². The highest BCUT2D eigenvalue weighted by Crippen LogP contribution is 2.26. The normalized spacial score (nSPS) is 11.2. The van der Waals surface area contributed by atoms with Crippen LogP contribution in [0.25, 0.3) is 0 Å². The molecule has 7 heteroatoms. The second kappa shape index (κ2) is 8.46. The molecule has 3 aromatic rings.